The summed E-state index contributed by atoms with van der Waals surface area (Å²) in [4.78, 5) is 31.7. The maximum absolute atomic E-state index is 14.5. The quantitative estimate of drug-likeness (QED) is 0.204. The van der Waals surface area contributed by atoms with Gasteiger partial charge in [-0.25, -0.2) is 13.4 Å². The van der Waals surface area contributed by atoms with E-state index < -0.39 is 75.2 Å². The van der Waals surface area contributed by atoms with Crippen LogP contribution in [0.3, 0.4) is 0 Å². The van der Waals surface area contributed by atoms with Gasteiger partial charge in [-0.1, -0.05) is 11.6 Å². The lowest BCUT2D eigenvalue weighted by Gasteiger charge is -2.17. The number of amides is 1. The summed E-state index contributed by atoms with van der Waals surface area (Å²) in [6.07, 6.45) is -2.14. The van der Waals surface area contributed by atoms with E-state index in [2.05, 4.69) is 20.6 Å². The topological polar surface area (TPSA) is 150 Å². The molecule has 0 aliphatic carbocycles. The van der Waals surface area contributed by atoms with E-state index in [1.54, 1.807) is 0 Å². The number of halogens is 6. The van der Waals surface area contributed by atoms with Crippen LogP contribution in [0.5, 0.6) is 0 Å². The first-order valence-electron chi connectivity index (χ1n) is 10.7. The number of sulfone groups is 1. The maximum Gasteiger partial charge on any atom is 0.403 e. The number of carbonyl (C=O) groups excluding carboxylic acids is 1. The van der Waals surface area contributed by atoms with Crippen LogP contribution in [-0.4, -0.2) is 47.3 Å². The Morgan fingerprint density at radius 1 is 1.13 bits per heavy atom. The zero-order valence-electron chi connectivity index (χ0n) is 19.5. The van der Waals surface area contributed by atoms with Crippen molar-refractivity contribution < 1.29 is 39.9 Å². The molecule has 1 amide bonds. The van der Waals surface area contributed by atoms with Gasteiger partial charge in [0.2, 0.25) is 5.91 Å². The molecule has 3 aromatic rings. The summed E-state index contributed by atoms with van der Waals surface area (Å²) < 4.78 is 91.9. The Bertz CT molecular complexity index is 1530. The van der Waals surface area contributed by atoms with Crippen molar-refractivity contribution in [1.82, 2.24) is 19.9 Å². The SMILES string of the molecule is O=C(Cn1c(Cl)cnc(NCC(F)(F)c2cccc[n+]2[O-])c1=O)NCc1ncccc1S(=O)(=O)CC(F)(F)F. The van der Waals surface area contributed by atoms with Gasteiger partial charge in [-0.2, -0.15) is 26.7 Å². The second kappa shape index (κ2) is 11.5. The van der Waals surface area contributed by atoms with Crippen LogP contribution in [0.2, 0.25) is 5.15 Å². The molecule has 39 heavy (non-hydrogen) atoms. The molecular formula is C21H18ClF5N6O5S. The summed E-state index contributed by atoms with van der Waals surface area (Å²) in [5.41, 5.74) is -2.36. The van der Waals surface area contributed by atoms with Crippen molar-refractivity contribution in [2.75, 3.05) is 17.6 Å². The Labute approximate surface area is 221 Å². The van der Waals surface area contributed by atoms with Crippen molar-refractivity contribution in [3.05, 3.63) is 81.0 Å². The molecular weight excluding hydrogens is 579 g/mol. The number of hydrogen-bond donors (Lipinski definition) is 2. The van der Waals surface area contributed by atoms with Crippen molar-refractivity contribution >= 4 is 33.2 Å². The van der Waals surface area contributed by atoms with Crippen molar-refractivity contribution in [3.8, 4) is 0 Å². The van der Waals surface area contributed by atoms with E-state index in [9.17, 15) is 45.2 Å². The molecule has 0 fully saturated rings. The minimum Gasteiger partial charge on any atom is -0.618 e. The minimum atomic E-state index is -5.01. The third kappa shape index (κ3) is 7.60. The highest BCUT2D eigenvalue weighted by Gasteiger charge is 2.40. The van der Waals surface area contributed by atoms with Gasteiger partial charge in [0.05, 0.1) is 29.9 Å². The number of anilines is 1. The maximum atomic E-state index is 14.5. The Kier molecular flexibility index (Phi) is 8.74. The zero-order valence-corrected chi connectivity index (χ0v) is 21.0. The molecule has 0 unspecified atom stereocenters. The minimum absolute atomic E-state index is 0.0407. The van der Waals surface area contributed by atoms with Crippen LogP contribution in [0.1, 0.15) is 11.4 Å². The Hall–Kier alpha value is -3.86. The summed E-state index contributed by atoms with van der Waals surface area (Å²) in [5, 5.41) is 15.6. The molecule has 0 saturated heterocycles. The summed E-state index contributed by atoms with van der Waals surface area (Å²) in [5.74, 6) is -7.41. The fraction of sp³-hybridized carbons (Fsp3) is 0.286. The first-order chi connectivity index (χ1) is 18.1. The highest BCUT2D eigenvalue weighted by molar-refractivity contribution is 7.91. The molecule has 0 spiro atoms. The molecule has 3 rings (SSSR count). The standard InChI is InChI=1S/C21H18ClF5N6O5S/c22-16-9-30-18(31-11-20(23,24)15-5-1-2-7-33(15)36)19(35)32(16)10-17(34)29-8-13-14(4-3-6-28-13)39(37,38)12-21(25,26)27/h1-7,9H,8,10-12H2,(H,29,34)(H,30,31). The lowest BCUT2D eigenvalue weighted by atomic mass is 10.2. The molecule has 2 N–H and O–H groups in total. The number of nitrogens with one attached hydrogen (secondary N) is 2. The highest BCUT2D eigenvalue weighted by atomic mass is 35.5. The lowest BCUT2D eigenvalue weighted by Crippen LogP contribution is -2.41. The number of hydrogen-bond acceptors (Lipinski definition) is 8. The van der Waals surface area contributed by atoms with Crippen molar-refractivity contribution in [2.24, 2.45) is 0 Å². The monoisotopic (exact) mass is 596 g/mol. The van der Waals surface area contributed by atoms with Crippen LogP contribution in [0.25, 0.3) is 0 Å². The summed E-state index contributed by atoms with van der Waals surface area (Å²) in [6, 6.07) is 5.38. The zero-order chi connectivity index (χ0) is 29.0. The van der Waals surface area contributed by atoms with Gasteiger partial charge in [0.15, 0.2) is 27.6 Å². The molecule has 0 aliphatic rings. The molecule has 3 aromatic heterocycles. The summed E-state index contributed by atoms with van der Waals surface area (Å²) in [6.45, 7) is -2.61. The second-order valence-corrected chi connectivity index (χ2v) is 10.2. The van der Waals surface area contributed by atoms with Gasteiger partial charge in [0.25, 0.3) is 11.3 Å². The van der Waals surface area contributed by atoms with Crippen LogP contribution in [0, 0.1) is 5.21 Å². The van der Waals surface area contributed by atoms with Gasteiger partial charge in [-0.05, 0) is 18.2 Å². The van der Waals surface area contributed by atoms with Crippen molar-refractivity contribution in [1.29, 1.82) is 0 Å². The second-order valence-electron chi connectivity index (χ2n) is 7.89. The third-order valence-electron chi connectivity index (χ3n) is 4.97. The molecule has 3 heterocycles. The van der Waals surface area contributed by atoms with Gasteiger partial charge in [-0.15, -0.1) is 0 Å². The molecule has 18 heteroatoms. The Morgan fingerprint density at radius 2 is 1.85 bits per heavy atom. The van der Waals surface area contributed by atoms with Gasteiger partial charge in [-0.3, -0.25) is 19.1 Å². The summed E-state index contributed by atoms with van der Waals surface area (Å²) >= 11 is 5.92. The van der Waals surface area contributed by atoms with E-state index >= 15 is 0 Å². The number of aromatic nitrogens is 4. The molecule has 0 aliphatic heterocycles. The lowest BCUT2D eigenvalue weighted by molar-refractivity contribution is -0.624. The van der Waals surface area contributed by atoms with Gasteiger partial charge in [0.1, 0.15) is 11.7 Å². The van der Waals surface area contributed by atoms with Crippen molar-refractivity contribution in [2.45, 2.75) is 30.1 Å². The van der Waals surface area contributed by atoms with E-state index in [4.69, 9.17) is 11.6 Å². The van der Waals surface area contributed by atoms with Crippen LogP contribution >= 0.6 is 11.6 Å². The van der Waals surface area contributed by atoms with E-state index in [1.807, 2.05) is 0 Å². The number of alkyl halides is 5. The largest absolute Gasteiger partial charge is 0.618 e. The predicted octanol–water partition coefficient (Wildman–Crippen LogP) is 1.78. The van der Waals surface area contributed by atoms with Crippen LogP contribution in [0.15, 0.2) is 58.6 Å². The number of rotatable bonds is 10. The highest BCUT2D eigenvalue weighted by Crippen LogP contribution is 2.25. The Balaban J connectivity index is 1.72. The molecule has 0 aromatic carbocycles. The third-order valence-corrected chi connectivity index (χ3v) is 7.03. The van der Waals surface area contributed by atoms with Gasteiger partial charge in [0, 0.05) is 18.3 Å². The molecule has 11 nitrogen and oxygen atoms in total. The van der Waals surface area contributed by atoms with E-state index in [0.717, 1.165) is 36.8 Å². The van der Waals surface area contributed by atoms with Gasteiger partial charge < -0.3 is 15.8 Å². The first-order valence-corrected chi connectivity index (χ1v) is 12.7. The number of nitrogens with zero attached hydrogens (tertiary/aromatic N) is 4. The first kappa shape index (κ1) is 29.7. The van der Waals surface area contributed by atoms with Crippen LogP contribution in [0.4, 0.5) is 27.8 Å². The van der Waals surface area contributed by atoms with E-state index in [-0.39, 0.29) is 15.6 Å². The summed E-state index contributed by atoms with van der Waals surface area (Å²) in [7, 11) is -4.83. The molecule has 0 saturated carbocycles. The fourth-order valence-corrected chi connectivity index (χ4v) is 4.79. The Morgan fingerprint density at radius 3 is 2.51 bits per heavy atom. The molecule has 0 atom stereocenters. The molecule has 0 bridgehead atoms. The van der Waals surface area contributed by atoms with Crippen LogP contribution < -0.4 is 20.9 Å². The molecule has 0 radical (unpaired) electrons. The smallest absolute Gasteiger partial charge is 0.403 e. The average molecular weight is 597 g/mol. The number of pyridine rings is 2. The van der Waals surface area contributed by atoms with Crippen molar-refractivity contribution in [3.63, 3.8) is 0 Å². The predicted molar refractivity (Wildman–Crippen MR) is 125 cm³/mol. The normalized spacial score (nSPS) is 12.3. The van der Waals surface area contributed by atoms with E-state index in [1.165, 1.54) is 12.1 Å². The van der Waals surface area contributed by atoms with E-state index in [0.29, 0.717) is 4.57 Å². The fourth-order valence-electron chi connectivity index (χ4n) is 3.25. The van der Waals surface area contributed by atoms with Crippen LogP contribution in [-0.2, 0) is 33.6 Å². The van der Waals surface area contributed by atoms with Gasteiger partial charge >= 0.3 is 12.1 Å². The molecule has 210 valence electrons. The number of carbonyl (C=O) groups is 1. The average Bonchev–Trinajstić information content (AvgIpc) is 2.83.